The quantitative estimate of drug-likeness (QED) is 0.711. The Labute approximate surface area is 104 Å². The molecule has 2 aliphatic rings. The smallest absolute Gasteiger partial charge is 0.240 e. The van der Waals surface area contributed by atoms with Crippen LogP contribution in [-0.2, 0) is 9.59 Å². The van der Waals surface area contributed by atoms with Crippen molar-refractivity contribution in [3.05, 3.63) is 0 Å². The van der Waals surface area contributed by atoms with E-state index in [1.165, 1.54) is 0 Å². The summed E-state index contributed by atoms with van der Waals surface area (Å²) in [5.74, 6) is 0.640. The fraction of sp³-hybridized carbons (Fsp3) is 0.800. The molecule has 0 aromatic heterocycles. The number of alkyl halides is 1. The Balaban J connectivity index is 1.92. The molecule has 1 unspecified atom stereocenters. The van der Waals surface area contributed by atoms with Crippen molar-refractivity contribution >= 4 is 35.2 Å². The van der Waals surface area contributed by atoms with Crippen LogP contribution in [0.2, 0.25) is 0 Å². The van der Waals surface area contributed by atoms with Crippen molar-refractivity contribution in [3.8, 4) is 0 Å². The highest BCUT2D eigenvalue weighted by Crippen LogP contribution is 2.37. The first-order valence-corrected chi connectivity index (χ1v) is 6.82. The van der Waals surface area contributed by atoms with Crippen molar-refractivity contribution in [2.24, 2.45) is 0 Å². The van der Waals surface area contributed by atoms with Gasteiger partial charge in [-0.3, -0.25) is 9.59 Å². The molecule has 2 rings (SSSR count). The largest absolute Gasteiger partial charge is 0.341 e. The number of halogens is 1. The molecule has 1 N–H and O–H groups in total. The Kier molecular flexibility index (Phi) is 3.35. The number of carbonyl (C=O) groups is 2. The number of amides is 2. The summed E-state index contributed by atoms with van der Waals surface area (Å²) in [6, 6.07) is 0. The Bertz CT molecular complexity index is 314. The predicted octanol–water partition coefficient (Wildman–Crippen LogP) is 0.795. The summed E-state index contributed by atoms with van der Waals surface area (Å²) in [5.41, 5.74) is 0. The second-order valence-corrected chi connectivity index (χ2v) is 6.29. The average Bonchev–Trinajstić information content (AvgIpc) is 2.60. The van der Waals surface area contributed by atoms with Crippen LogP contribution in [0, 0.1) is 0 Å². The molecule has 2 aliphatic heterocycles. The molecular formula is C10H15ClN2O2S. The number of thioether (sulfide) groups is 1. The van der Waals surface area contributed by atoms with Gasteiger partial charge >= 0.3 is 0 Å². The van der Waals surface area contributed by atoms with Crippen LogP contribution in [-0.4, -0.2) is 45.8 Å². The Morgan fingerprint density at radius 1 is 1.56 bits per heavy atom. The highest BCUT2D eigenvalue weighted by molar-refractivity contribution is 8.01. The van der Waals surface area contributed by atoms with Gasteiger partial charge in [-0.25, -0.2) is 0 Å². The molecule has 2 saturated heterocycles. The predicted molar refractivity (Wildman–Crippen MR) is 64.5 cm³/mol. The van der Waals surface area contributed by atoms with Gasteiger partial charge in [0.2, 0.25) is 11.8 Å². The van der Waals surface area contributed by atoms with Gasteiger partial charge < -0.3 is 10.2 Å². The first-order valence-electron chi connectivity index (χ1n) is 5.40. The van der Waals surface area contributed by atoms with Crippen molar-refractivity contribution < 1.29 is 9.59 Å². The van der Waals surface area contributed by atoms with Gasteiger partial charge in [0.1, 0.15) is 5.38 Å². The summed E-state index contributed by atoms with van der Waals surface area (Å²) >= 11 is 7.43. The highest BCUT2D eigenvalue weighted by Gasteiger charge is 2.42. The molecular weight excluding hydrogens is 248 g/mol. The lowest BCUT2D eigenvalue weighted by Crippen LogP contribution is -2.51. The van der Waals surface area contributed by atoms with Gasteiger partial charge in [-0.2, -0.15) is 0 Å². The lowest BCUT2D eigenvalue weighted by atomic mass is 10.0. The number of hydrogen-bond acceptors (Lipinski definition) is 3. The zero-order chi connectivity index (χ0) is 11.8. The summed E-state index contributed by atoms with van der Waals surface area (Å²) in [6.45, 7) is 3.06. The van der Waals surface area contributed by atoms with E-state index in [-0.39, 0.29) is 16.7 Å². The van der Waals surface area contributed by atoms with Crippen LogP contribution in [0.4, 0.5) is 0 Å². The van der Waals surface area contributed by atoms with Crippen LogP contribution < -0.4 is 5.32 Å². The lowest BCUT2D eigenvalue weighted by Gasteiger charge is -2.38. The summed E-state index contributed by atoms with van der Waals surface area (Å²) in [5, 5.41) is 2.55. The molecule has 2 fully saturated rings. The van der Waals surface area contributed by atoms with E-state index in [0.29, 0.717) is 18.8 Å². The maximum Gasteiger partial charge on any atom is 0.240 e. The summed E-state index contributed by atoms with van der Waals surface area (Å²) < 4.78 is 0. The topological polar surface area (TPSA) is 49.4 Å². The van der Waals surface area contributed by atoms with E-state index in [9.17, 15) is 9.59 Å². The first kappa shape index (κ1) is 12.0. The van der Waals surface area contributed by atoms with Crippen LogP contribution in [0.3, 0.4) is 0 Å². The molecule has 2 amide bonds. The number of rotatable bonds is 1. The van der Waals surface area contributed by atoms with E-state index in [0.717, 1.165) is 12.8 Å². The van der Waals surface area contributed by atoms with Gasteiger partial charge in [0.25, 0.3) is 0 Å². The summed E-state index contributed by atoms with van der Waals surface area (Å²) in [4.78, 5) is 24.5. The van der Waals surface area contributed by atoms with E-state index >= 15 is 0 Å². The van der Waals surface area contributed by atoms with E-state index in [1.54, 1.807) is 23.6 Å². The van der Waals surface area contributed by atoms with Crippen molar-refractivity contribution in [3.63, 3.8) is 0 Å². The first-order chi connectivity index (χ1) is 7.52. The van der Waals surface area contributed by atoms with Crippen LogP contribution in [0.5, 0.6) is 0 Å². The fourth-order valence-corrected chi connectivity index (χ4v) is 3.41. The molecule has 4 nitrogen and oxygen atoms in total. The number of nitrogens with zero attached hydrogens (tertiary/aromatic N) is 1. The normalized spacial score (nSPS) is 25.6. The number of hydrogen-bond donors (Lipinski definition) is 1. The Morgan fingerprint density at radius 3 is 2.62 bits per heavy atom. The zero-order valence-electron chi connectivity index (χ0n) is 9.16. The highest BCUT2D eigenvalue weighted by atomic mass is 35.5. The molecule has 6 heteroatoms. The molecule has 2 heterocycles. The second-order valence-electron chi connectivity index (χ2n) is 4.27. The SMILES string of the molecule is CC(Cl)C(=O)N1CCC2(CC1)NC(=O)CS2. The standard InChI is InChI=1S/C10H15ClN2O2S/c1-7(11)9(15)13-4-2-10(3-5-13)12-8(14)6-16-10/h7H,2-6H2,1H3,(H,12,14). The lowest BCUT2D eigenvalue weighted by molar-refractivity contribution is -0.131. The zero-order valence-corrected chi connectivity index (χ0v) is 10.7. The maximum absolute atomic E-state index is 11.7. The molecule has 16 heavy (non-hydrogen) atoms. The van der Waals surface area contributed by atoms with Crippen LogP contribution >= 0.6 is 23.4 Å². The van der Waals surface area contributed by atoms with Gasteiger partial charge in [-0.05, 0) is 19.8 Å². The molecule has 1 atom stereocenters. The maximum atomic E-state index is 11.7. The Morgan fingerprint density at radius 2 is 2.19 bits per heavy atom. The summed E-state index contributed by atoms with van der Waals surface area (Å²) in [7, 11) is 0. The number of nitrogens with one attached hydrogen (secondary N) is 1. The van der Waals surface area contributed by atoms with Crippen LogP contribution in [0.1, 0.15) is 19.8 Å². The van der Waals surface area contributed by atoms with Gasteiger partial charge in [0.15, 0.2) is 0 Å². The van der Waals surface area contributed by atoms with Gasteiger partial charge in [0, 0.05) is 13.1 Å². The third-order valence-corrected chi connectivity index (χ3v) is 4.73. The minimum Gasteiger partial charge on any atom is -0.341 e. The van der Waals surface area contributed by atoms with Crippen molar-refractivity contribution in [2.45, 2.75) is 30.0 Å². The minimum absolute atomic E-state index is 0.00848. The fourth-order valence-electron chi connectivity index (χ4n) is 2.14. The summed E-state index contributed by atoms with van der Waals surface area (Å²) in [6.07, 6.45) is 1.64. The molecule has 0 aromatic carbocycles. The third kappa shape index (κ3) is 2.30. The molecule has 0 aliphatic carbocycles. The molecule has 0 aromatic rings. The number of carbonyl (C=O) groups excluding carboxylic acids is 2. The van der Waals surface area contributed by atoms with Crippen LogP contribution in [0.15, 0.2) is 0 Å². The monoisotopic (exact) mass is 262 g/mol. The average molecular weight is 263 g/mol. The third-order valence-electron chi connectivity index (χ3n) is 3.07. The van der Waals surface area contributed by atoms with Gasteiger partial charge in [-0.1, -0.05) is 0 Å². The molecule has 1 spiro atoms. The molecule has 0 saturated carbocycles. The second kappa shape index (κ2) is 4.45. The molecule has 0 bridgehead atoms. The van der Waals surface area contributed by atoms with Crippen molar-refractivity contribution in [1.82, 2.24) is 10.2 Å². The van der Waals surface area contributed by atoms with Crippen LogP contribution in [0.25, 0.3) is 0 Å². The van der Waals surface area contributed by atoms with Crippen molar-refractivity contribution in [2.75, 3.05) is 18.8 Å². The molecule has 90 valence electrons. The Hall–Kier alpha value is -0.420. The van der Waals surface area contributed by atoms with Gasteiger partial charge in [-0.15, -0.1) is 23.4 Å². The minimum atomic E-state index is -0.458. The van der Waals surface area contributed by atoms with E-state index < -0.39 is 5.38 Å². The van der Waals surface area contributed by atoms with Gasteiger partial charge in [0.05, 0.1) is 10.6 Å². The van der Waals surface area contributed by atoms with Crippen molar-refractivity contribution in [1.29, 1.82) is 0 Å². The number of likely N-dealkylation sites (tertiary alicyclic amines) is 1. The van der Waals surface area contributed by atoms with E-state index in [2.05, 4.69) is 5.32 Å². The number of piperidine rings is 1. The molecule has 0 radical (unpaired) electrons. The van der Waals surface area contributed by atoms with E-state index in [1.807, 2.05) is 0 Å². The van der Waals surface area contributed by atoms with E-state index in [4.69, 9.17) is 11.6 Å².